The van der Waals surface area contributed by atoms with E-state index >= 15 is 0 Å². The van der Waals surface area contributed by atoms with Gasteiger partial charge in [0.25, 0.3) is 0 Å². The monoisotopic (exact) mass is 591 g/mol. The molecule has 0 saturated carbocycles. The second kappa shape index (κ2) is 12.3. The molecule has 0 aliphatic carbocycles. The van der Waals surface area contributed by atoms with Crippen molar-refractivity contribution in [3.63, 3.8) is 0 Å². The molecule has 7 N–H and O–H groups in total. The number of aliphatic hydroxyl groups excluding tert-OH is 3. The maximum atomic E-state index is 11.9. The smallest absolute Gasteiger partial charge is 0.340 e. The molecule has 0 radical (unpaired) electrons. The van der Waals surface area contributed by atoms with Gasteiger partial charge < -0.3 is 39.8 Å². The standard InChI is InChI=1S/C21H28ClN5O9P2/c1-3-13(9-36-38(34,35)11-37(31,32)33)16(28)17(29)20(30)27-10-23-15-18(25-21(22)26-19(15)27)24-12(2)14-7-5-4-6-8-14/h3-8,10,12,16-17,20,28-30H,9,11H2,1-2H3,(H,34,35)(H,24,25,26)(H2,31,32,33)/b13-3-/t12-,16-,17-,20-/m1/s1. The fraction of sp³-hybridized carbons (Fsp3) is 0.381. The van der Waals surface area contributed by atoms with Gasteiger partial charge in [0.1, 0.15) is 12.2 Å². The Labute approximate surface area is 222 Å². The number of aliphatic hydroxyl groups is 3. The first-order chi connectivity index (χ1) is 17.7. The molecule has 2 aromatic heterocycles. The molecule has 0 amide bonds. The Morgan fingerprint density at radius 3 is 2.42 bits per heavy atom. The molecule has 0 fully saturated rings. The number of benzene rings is 1. The lowest BCUT2D eigenvalue weighted by Gasteiger charge is -2.26. The molecule has 0 aliphatic rings. The van der Waals surface area contributed by atoms with Gasteiger partial charge in [-0.25, -0.2) is 4.98 Å². The second-order valence-corrected chi connectivity index (χ2v) is 12.7. The fourth-order valence-corrected chi connectivity index (χ4v) is 6.25. The Hall–Kier alpha value is -2.22. The number of hydrogen-bond donors (Lipinski definition) is 7. The minimum atomic E-state index is -4.85. The van der Waals surface area contributed by atoms with Crippen LogP contribution in [0.15, 0.2) is 48.3 Å². The van der Waals surface area contributed by atoms with Crippen molar-refractivity contribution in [2.75, 3.05) is 17.8 Å². The molecule has 38 heavy (non-hydrogen) atoms. The van der Waals surface area contributed by atoms with Gasteiger partial charge >= 0.3 is 15.2 Å². The van der Waals surface area contributed by atoms with Crippen molar-refractivity contribution in [3.05, 3.63) is 59.2 Å². The van der Waals surface area contributed by atoms with Gasteiger partial charge in [-0.05, 0) is 36.6 Å². The van der Waals surface area contributed by atoms with Crippen molar-refractivity contribution in [2.45, 2.75) is 38.3 Å². The Kier molecular flexibility index (Phi) is 9.82. The van der Waals surface area contributed by atoms with E-state index in [1.54, 1.807) is 0 Å². The van der Waals surface area contributed by atoms with Gasteiger partial charge in [-0.3, -0.25) is 13.7 Å². The zero-order valence-electron chi connectivity index (χ0n) is 20.2. The molecule has 0 spiro atoms. The normalized spacial score (nSPS) is 17.6. The maximum Gasteiger partial charge on any atom is 0.340 e. The average Bonchev–Trinajstić information content (AvgIpc) is 3.26. The summed E-state index contributed by atoms with van der Waals surface area (Å²) in [5.41, 5.74) is 1.10. The van der Waals surface area contributed by atoms with E-state index in [1.807, 2.05) is 37.3 Å². The first-order valence-corrected chi connectivity index (χ1v) is 15.1. The van der Waals surface area contributed by atoms with E-state index in [4.69, 9.17) is 25.9 Å². The van der Waals surface area contributed by atoms with E-state index < -0.39 is 46.1 Å². The highest BCUT2D eigenvalue weighted by Gasteiger charge is 2.34. The first-order valence-electron chi connectivity index (χ1n) is 11.1. The van der Waals surface area contributed by atoms with Crippen LogP contribution in [0.25, 0.3) is 11.2 Å². The summed E-state index contributed by atoms with van der Waals surface area (Å²) in [4.78, 5) is 40.0. The Bertz CT molecular complexity index is 1380. The number of rotatable bonds is 12. The van der Waals surface area contributed by atoms with E-state index in [9.17, 15) is 29.3 Å². The molecule has 0 aliphatic heterocycles. The van der Waals surface area contributed by atoms with Crippen LogP contribution in [0.5, 0.6) is 0 Å². The summed E-state index contributed by atoms with van der Waals surface area (Å²) in [7, 11) is -9.57. The number of halogens is 1. The fourth-order valence-electron chi connectivity index (χ4n) is 3.55. The van der Waals surface area contributed by atoms with Crippen LogP contribution >= 0.6 is 26.8 Å². The molecule has 0 bridgehead atoms. The van der Waals surface area contributed by atoms with E-state index in [2.05, 4.69) is 20.3 Å². The number of fused-ring (bicyclic) bond motifs is 1. The van der Waals surface area contributed by atoms with Gasteiger partial charge in [-0.2, -0.15) is 9.97 Å². The van der Waals surface area contributed by atoms with Crippen molar-refractivity contribution in [1.29, 1.82) is 0 Å². The molecule has 5 atom stereocenters. The zero-order valence-corrected chi connectivity index (χ0v) is 22.8. The lowest BCUT2D eigenvalue weighted by molar-refractivity contribution is -0.0795. The minimum Gasteiger partial charge on any atom is -0.386 e. The molecular weight excluding hydrogens is 564 g/mol. The SMILES string of the molecule is C/C=C(/COP(=O)(O)CP(=O)(O)O)[C@@H](O)[C@@H](O)[C@@H](O)n1cnc2c(N[C@H](C)c3ccccc3)nc(Cl)nc21. The summed E-state index contributed by atoms with van der Waals surface area (Å²) in [6.07, 6.45) is -3.10. The highest BCUT2D eigenvalue weighted by atomic mass is 35.5. The summed E-state index contributed by atoms with van der Waals surface area (Å²) in [5, 5.41) is 35.1. The molecule has 0 saturated heterocycles. The molecule has 1 unspecified atom stereocenters. The number of aromatic nitrogens is 4. The number of nitrogens with one attached hydrogen (secondary N) is 1. The molecule has 14 nitrogen and oxygen atoms in total. The van der Waals surface area contributed by atoms with Crippen LogP contribution in [0.4, 0.5) is 5.82 Å². The maximum absolute atomic E-state index is 11.9. The van der Waals surface area contributed by atoms with Crippen LogP contribution in [0.3, 0.4) is 0 Å². The van der Waals surface area contributed by atoms with Gasteiger partial charge in [0.05, 0.1) is 19.0 Å². The van der Waals surface area contributed by atoms with Crippen LogP contribution in [0, 0.1) is 0 Å². The number of anilines is 1. The van der Waals surface area contributed by atoms with Crippen molar-refractivity contribution >= 4 is 43.8 Å². The summed E-state index contributed by atoms with van der Waals surface area (Å²) in [5.74, 6) is -1.15. The predicted molar refractivity (Wildman–Crippen MR) is 139 cm³/mol. The van der Waals surface area contributed by atoms with Crippen molar-refractivity contribution in [1.82, 2.24) is 19.5 Å². The van der Waals surface area contributed by atoms with E-state index in [1.165, 1.54) is 19.3 Å². The lowest BCUT2D eigenvalue weighted by atomic mass is 10.0. The highest BCUT2D eigenvalue weighted by Crippen LogP contribution is 2.55. The van der Waals surface area contributed by atoms with Gasteiger partial charge in [0.15, 0.2) is 29.1 Å². The lowest BCUT2D eigenvalue weighted by Crippen LogP contribution is -2.37. The summed E-state index contributed by atoms with van der Waals surface area (Å²) < 4.78 is 28.7. The number of nitrogens with zero attached hydrogens (tertiary/aromatic N) is 4. The third kappa shape index (κ3) is 7.67. The second-order valence-electron chi connectivity index (χ2n) is 8.37. The Balaban J connectivity index is 1.80. The summed E-state index contributed by atoms with van der Waals surface area (Å²) in [6, 6.07) is 9.29. The van der Waals surface area contributed by atoms with Gasteiger partial charge in [-0.1, -0.05) is 36.4 Å². The van der Waals surface area contributed by atoms with Crippen LogP contribution in [0.1, 0.15) is 31.7 Å². The topological polar surface area (TPSA) is 220 Å². The summed E-state index contributed by atoms with van der Waals surface area (Å²) >= 11 is 6.10. The third-order valence-electron chi connectivity index (χ3n) is 5.51. The Morgan fingerprint density at radius 1 is 1.16 bits per heavy atom. The highest BCUT2D eigenvalue weighted by molar-refractivity contribution is 7.70. The quantitative estimate of drug-likeness (QED) is 0.0912. The summed E-state index contributed by atoms with van der Waals surface area (Å²) in [6.45, 7) is 2.58. The van der Waals surface area contributed by atoms with Gasteiger partial charge in [-0.15, -0.1) is 0 Å². The molecular formula is C21H28ClN5O9P2. The van der Waals surface area contributed by atoms with Crippen molar-refractivity contribution in [2.24, 2.45) is 0 Å². The third-order valence-corrected chi connectivity index (χ3v) is 9.11. The zero-order chi connectivity index (χ0) is 28.3. The average molecular weight is 592 g/mol. The van der Waals surface area contributed by atoms with Gasteiger partial charge in [0.2, 0.25) is 5.28 Å². The number of hydrogen-bond acceptors (Lipinski definition) is 10. The molecule has 3 rings (SSSR count). The van der Waals surface area contributed by atoms with Gasteiger partial charge in [0, 0.05) is 0 Å². The largest absolute Gasteiger partial charge is 0.386 e. The van der Waals surface area contributed by atoms with E-state index in [0.29, 0.717) is 0 Å². The molecule has 208 valence electrons. The van der Waals surface area contributed by atoms with E-state index in [-0.39, 0.29) is 33.9 Å². The van der Waals surface area contributed by atoms with Crippen LogP contribution < -0.4 is 5.32 Å². The predicted octanol–water partition coefficient (Wildman–Crippen LogP) is 2.15. The van der Waals surface area contributed by atoms with Crippen LogP contribution in [0.2, 0.25) is 5.28 Å². The number of allylic oxidation sites excluding steroid dienone is 1. The van der Waals surface area contributed by atoms with Crippen molar-refractivity contribution < 1.29 is 43.7 Å². The molecule has 17 heteroatoms. The molecule has 1 aromatic carbocycles. The molecule has 2 heterocycles. The number of imidazole rings is 1. The first kappa shape index (κ1) is 30.3. The van der Waals surface area contributed by atoms with E-state index in [0.717, 1.165) is 10.1 Å². The van der Waals surface area contributed by atoms with Crippen LogP contribution in [-0.4, -0.2) is 74.2 Å². The Morgan fingerprint density at radius 2 is 1.82 bits per heavy atom. The van der Waals surface area contributed by atoms with Crippen molar-refractivity contribution in [3.8, 4) is 0 Å². The van der Waals surface area contributed by atoms with Crippen LogP contribution in [-0.2, 0) is 13.7 Å². The minimum absolute atomic E-state index is 0.0475. The molecule has 3 aromatic rings.